The number of nitrogens with two attached hydrogens (primary N) is 1. The van der Waals surface area contributed by atoms with Gasteiger partial charge >= 0.3 is 6.03 Å². The summed E-state index contributed by atoms with van der Waals surface area (Å²) < 4.78 is 4.84. The summed E-state index contributed by atoms with van der Waals surface area (Å²) in [4.78, 5) is 11.5. The third-order valence-corrected chi connectivity index (χ3v) is 2.48. The number of urea groups is 1. The molecule has 1 rings (SSSR count). The van der Waals surface area contributed by atoms with Gasteiger partial charge < -0.3 is 21.1 Å². The lowest BCUT2D eigenvalue weighted by atomic mass is 9.96. The van der Waals surface area contributed by atoms with Crippen LogP contribution in [0.15, 0.2) is 24.3 Å². The fraction of sp³-hybridized carbons (Fsp3) is 0.462. The van der Waals surface area contributed by atoms with Crippen molar-refractivity contribution < 1.29 is 9.53 Å². The van der Waals surface area contributed by atoms with Crippen molar-refractivity contribution in [2.24, 2.45) is 5.73 Å². The Morgan fingerprint density at radius 1 is 1.33 bits per heavy atom. The maximum atomic E-state index is 11.5. The normalized spacial score (nSPS) is 11.1. The van der Waals surface area contributed by atoms with Crippen molar-refractivity contribution in [3.63, 3.8) is 0 Å². The molecule has 4 N–H and O–H groups in total. The van der Waals surface area contributed by atoms with Crippen LogP contribution in [-0.2, 0) is 10.3 Å². The smallest absolute Gasteiger partial charge is 0.319 e. The number of hydrogen-bond donors (Lipinski definition) is 3. The number of methoxy groups -OCH3 is 1. The average Bonchev–Trinajstić information content (AvgIpc) is 2.29. The predicted molar refractivity (Wildman–Crippen MR) is 72.6 cm³/mol. The summed E-state index contributed by atoms with van der Waals surface area (Å²) >= 11 is 0. The fourth-order valence-electron chi connectivity index (χ4n) is 1.43. The number of rotatable bonds is 5. The van der Waals surface area contributed by atoms with Crippen molar-refractivity contribution in [1.82, 2.24) is 5.32 Å². The quantitative estimate of drug-likeness (QED) is 0.696. The largest absolute Gasteiger partial charge is 0.383 e. The van der Waals surface area contributed by atoms with Crippen LogP contribution in [0.1, 0.15) is 19.4 Å². The van der Waals surface area contributed by atoms with E-state index in [2.05, 4.69) is 10.6 Å². The number of amides is 2. The molecule has 0 aliphatic heterocycles. The van der Waals surface area contributed by atoms with E-state index in [0.29, 0.717) is 13.2 Å². The molecule has 18 heavy (non-hydrogen) atoms. The van der Waals surface area contributed by atoms with Crippen LogP contribution in [0.5, 0.6) is 0 Å². The molecule has 100 valence electrons. The minimum absolute atomic E-state index is 0.244. The van der Waals surface area contributed by atoms with Gasteiger partial charge in [-0.3, -0.25) is 0 Å². The number of ether oxygens (including phenoxy) is 1. The van der Waals surface area contributed by atoms with Crippen LogP contribution in [0.2, 0.25) is 0 Å². The van der Waals surface area contributed by atoms with E-state index in [0.717, 1.165) is 11.3 Å². The van der Waals surface area contributed by atoms with Gasteiger partial charge in [0, 0.05) is 24.9 Å². The van der Waals surface area contributed by atoms with Crippen molar-refractivity contribution in [1.29, 1.82) is 0 Å². The first-order valence-electron chi connectivity index (χ1n) is 5.86. The summed E-state index contributed by atoms with van der Waals surface area (Å²) in [7, 11) is 1.59. The molecular weight excluding hydrogens is 230 g/mol. The van der Waals surface area contributed by atoms with Gasteiger partial charge in [-0.1, -0.05) is 12.1 Å². The van der Waals surface area contributed by atoms with Gasteiger partial charge in [-0.15, -0.1) is 0 Å². The third kappa shape index (κ3) is 4.73. The van der Waals surface area contributed by atoms with Gasteiger partial charge in [0.2, 0.25) is 0 Å². The first kappa shape index (κ1) is 14.5. The lowest BCUT2D eigenvalue weighted by Gasteiger charge is -2.19. The van der Waals surface area contributed by atoms with E-state index in [1.54, 1.807) is 7.11 Å². The van der Waals surface area contributed by atoms with Gasteiger partial charge in [0.1, 0.15) is 0 Å². The summed E-state index contributed by atoms with van der Waals surface area (Å²) in [6.07, 6.45) is 0. The van der Waals surface area contributed by atoms with Gasteiger partial charge in [0.25, 0.3) is 0 Å². The van der Waals surface area contributed by atoms with Crippen LogP contribution in [-0.4, -0.2) is 26.3 Å². The Bertz CT molecular complexity index is 382. The molecule has 0 unspecified atom stereocenters. The summed E-state index contributed by atoms with van der Waals surface area (Å²) in [5.41, 5.74) is 7.36. The minimum Gasteiger partial charge on any atom is -0.383 e. The summed E-state index contributed by atoms with van der Waals surface area (Å²) in [6, 6.07) is 7.24. The van der Waals surface area contributed by atoms with Gasteiger partial charge in [-0.05, 0) is 31.5 Å². The van der Waals surface area contributed by atoms with E-state index in [9.17, 15) is 4.79 Å². The second kappa shape index (κ2) is 6.37. The van der Waals surface area contributed by atoms with Crippen LogP contribution >= 0.6 is 0 Å². The predicted octanol–water partition coefficient (Wildman–Crippen LogP) is 1.65. The molecule has 0 atom stereocenters. The molecule has 0 saturated carbocycles. The maximum Gasteiger partial charge on any atom is 0.319 e. The number of carbonyl (C=O) groups is 1. The van der Waals surface area contributed by atoms with Gasteiger partial charge in [-0.25, -0.2) is 4.79 Å². The lowest BCUT2D eigenvalue weighted by molar-refractivity contribution is 0.198. The summed E-state index contributed by atoms with van der Waals surface area (Å²) in [5, 5.41) is 5.41. The molecule has 2 amide bonds. The van der Waals surface area contributed by atoms with E-state index in [1.807, 2.05) is 38.1 Å². The fourth-order valence-corrected chi connectivity index (χ4v) is 1.43. The zero-order valence-electron chi connectivity index (χ0n) is 11.1. The molecule has 0 heterocycles. The highest BCUT2D eigenvalue weighted by Gasteiger charge is 2.13. The number of nitrogens with one attached hydrogen (secondary N) is 2. The highest BCUT2D eigenvalue weighted by molar-refractivity contribution is 5.89. The SMILES string of the molecule is COCCNC(=O)Nc1ccc(C(C)(C)N)cc1. The van der Waals surface area contributed by atoms with Crippen LogP contribution in [0, 0.1) is 0 Å². The number of hydrogen-bond acceptors (Lipinski definition) is 3. The zero-order chi connectivity index (χ0) is 13.6. The van der Waals surface area contributed by atoms with Gasteiger partial charge in [0.15, 0.2) is 0 Å². The monoisotopic (exact) mass is 251 g/mol. The Hall–Kier alpha value is -1.59. The van der Waals surface area contributed by atoms with Crippen molar-refractivity contribution in [3.05, 3.63) is 29.8 Å². The molecule has 0 radical (unpaired) electrons. The molecule has 0 spiro atoms. The number of carbonyl (C=O) groups excluding carboxylic acids is 1. The Morgan fingerprint density at radius 3 is 2.44 bits per heavy atom. The first-order chi connectivity index (χ1) is 8.43. The topological polar surface area (TPSA) is 76.4 Å². The van der Waals surface area contributed by atoms with E-state index in [4.69, 9.17) is 10.5 Å². The molecule has 1 aromatic rings. The third-order valence-electron chi connectivity index (χ3n) is 2.48. The van der Waals surface area contributed by atoms with Crippen LogP contribution < -0.4 is 16.4 Å². The van der Waals surface area contributed by atoms with Crippen LogP contribution in [0.3, 0.4) is 0 Å². The van der Waals surface area contributed by atoms with E-state index < -0.39 is 0 Å². The lowest BCUT2D eigenvalue weighted by Crippen LogP contribution is -2.31. The number of benzene rings is 1. The Balaban J connectivity index is 2.51. The van der Waals surface area contributed by atoms with E-state index >= 15 is 0 Å². The second-order valence-corrected chi connectivity index (χ2v) is 4.67. The zero-order valence-corrected chi connectivity index (χ0v) is 11.1. The van der Waals surface area contributed by atoms with Crippen LogP contribution in [0.4, 0.5) is 10.5 Å². The molecule has 0 bridgehead atoms. The van der Waals surface area contributed by atoms with E-state index in [-0.39, 0.29) is 11.6 Å². The molecule has 0 aliphatic carbocycles. The summed E-state index contributed by atoms with van der Waals surface area (Å²) in [5.74, 6) is 0. The maximum absolute atomic E-state index is 11.5. The molecule has 1 aromatic carbocycles. The average molecular weight is 251 g/mol. The van der Waals surface area contributed by atoms with Gasteiger partial charge in [-0.2, -0.15) is 0 Å². The second-order valence-electron chi connectivity index (χ2n) is 4.67. The highest BCUT2D eigenvalue weighted by atomic mass is 16.5. The number of anilines is 1. The standard InChI is InChI=1S/C13H21N3O2/c1-13(2,14)10-4-6-11(7-5-10)16-12(17)15-8-9-18-3/h4-7H,8-9,14H2,1-3H3,(H2,15,16,17). The Kier molecular flexibility index (Phi) is 5.12. The molecule has 0 aromatic heterocycles. The Morgan fingerprint density at radius 2 is 1.94 bits per heavy atom. The van der Waals surface area contributed by atoms with Gasteiger partial charge in [0.05, 0.1) is 6.61 Å². The molecule has 5 nitrogen and oxygen atoms in total. The highest BCUT2D eigenvalue weighted by Crippen LogP contribution is 2.18. The molecular formula is C13H21N3O2. The molecule has 0 fully saturated rings. The first-order valence-corrected chi connectivity index (χ1v) is 5.86. The summed E-state index contributed by atoms with van der Waals surface area (Å²) in [6.45, 7) is 4.85. The van der Waals surface area contributed by atoms with E-state index in [1.165, 1.54) is 0 Å². The molecule has 0 aliphatic rings. The van der Waals surface area contributed by atoms with Crippen molar-refractivity contribution >= 4 is 11.7 Å². The van der Waals surface area contributed by atoms with Crippen molar-refractivity contribution in [2.45, 2.75) is 19.4 Å². The molecule has 0 saturated heterocycles. The minimum atomic E-state index is -0.376. The van der Waals surface area contributed by atoms with Crippen molar-refractivity contribution in [3.8, 4) is 0 Å². The van der Waals surface area contributed by atoms with Crippen LogP contribution in [0.25, 0.3) is 0 Å². The van der Waals surface area contributed by atoms with Crippen molar-refractivity contribution in [2.75, 3.05) is 25.6 Å². The Labute approximate surface area is 108 Å². The molecule has 5 heteroatoms.